The van der Waals surface area contributed by atoms with Gasteiger partial charge in [0.2, 0.25) is 0 Å². The number of nitrogens with zero attached hydrogens (tertiary/aromatic N) is 2. The summed E-state index contributed by atoms with van der Waals surface area (Å²) in [5.74, 6) is -0.630. The number of methoxy groups -OCH3 is 1. The van der Waals surface area contributed by atoms with E-state index in [4.69, 9.17) is 14.6 Å². The van der Waals surface area contributed by atoms with Crippen molar-refractivity contribution in [1.29, 1.82) is 5.26 Å². The van der Waals surface area contributed by atoms with Gasteiger partial charge in [-0.25, -0.2) is 4.79 Å². The summed E-state index contributed by atoms with van der Waals surface area (Å²) in [5, 5.41) is 29.1. The van der Waals surface area contributed by atoms with Gasteiger partial charge in [0.1, 0.15) is 0 Å². The van der Waals surface area contributed by atoms with Crippen molar-refractivity contribution in [2.24, 2.45) is 0 Å². The Morgan fingerprint density at radius 3 is 2.70 bits per heavy atom. The van der Waals surface area contributed by atoms with E-state index in [1.807, 2.05) is 6.07 Å². The molecule has 27 heavy (non-hydrogen) atoms. The number of ether oxygens (including phenoxy) is 2. The number of hydrogen-bond acceptors (Lipinski definition) is 6. The zero-order chi connectivity index (χ0) is 20.0. The Bertz CT molecular complexity index is 965. The Morgan fingerprint density at radius 2 is 2.11 bits per heavy atom. The Kier molecular flexibility index (Phi) is 6.51. The third-order valence-electron chi connectivity index (χ3n) is 3.42. The van der Waals surface area contributed by atoms with Gasteiger partial charge in [0.05, 0.1) is 23.7 Å². The molecule has 138 valence electrons. The monoisotopic (exact) mass is 432 g/mol. The Hall–Kier alpha value is -3.38. The van der Waals surface area contributed by atoms with Crippen molar-refractivity contribution in [3.63, 3.8) is 0 Å². The molecule has 0 aliphatic rings. The molecule has 2 aromatic rings. The number of carboxylic acid groups (broad SMARTS) is 1. The second-order valence-electron chi connectivity index (χ2n) is 5.18. The molecule has 9 heteroatoms. The number of nitriles is 1. The minimum Gasteiger partial charge on any atom is -0.493 e. The van der Waals surface area contributed by atoms with Crippen LogP contribution in [-0.4, -0.2) is 29.7 Å². The van der Waals surface area contributed by atoms with Gasteiger partial charge in [-0.3, -0.25) is 10.1 Å². The fourth-order valence-corrected chi connectivity index (χ4v) is 2.63. The minimum absolute atomic E-state index is 0.122. The molecular weight excluding hydrogens is 420 g/mol. The molecule has 2 rings (SSSR count). The molecule has 0 unspecified atom stereocenters. The van der Waals surface area contributed by atoms with Gasteiger partial charge in [0, 0.05) is 16.6 Å². The number of aliphatic carboxylic acids is 1. The van der Waals surface area contributed by atoms with Crippen LogP contribution >= 0.6 is 15.9 Å². The lowest BCUT2D eigenvalue weighted by molar-refractivity contribution is -0.384. The zero-order valence-electron chi connectivity index (χ0n) is 14.0. The molecule has 0 aliphatic heterocycles. The van der Waals surface area contributed by atoms with Crippen LogP contribution in [0.4, 0.5) is 5.69 Å². The fourth-order valence-electron chi connectivity index (χ4n) is 2.20. The highest BCUT2D eigenvalue weighted by molar-refractivity contribution is 9.10. The van der Waals surface area contributed by atoms with E-state index >= 15 is 0 Å². The first-order valence-corrected chi connectivity index (χ1v) is 8.23. The highest BCUT2D eigenvalue weighted by Gasteiger charge is 2.13. The first-order valence-electron chi connectivity index (χ1n) is 7.44. The van der Waals surface area contributed by atoms with E-state index in [2.05, 4.69) is 15.9 Å². The molecular formula is C18H13BrN2O6. The number of rotatable bonds is 7. The number of halogens is 1. The quantitative estimate of drug-likeness (QED) is 0.304. The summed E-state index contributed by atoms with van der Waals surface area (Å²) in [6, 6.07) is 10.9. The van der Waals surface area contributed by atoms with E-state index in [0.29, 0.717) is 15.6 Å². The summed E-state index contributed by atoms with van der Waals surface area (Å²) in [5.41, 5.74) is 1.03. The number of non-ortho nitro benzene ring substituents is 1. The van der Waals surface area contributed by atoms with Gasteiger partial charge in [-0.15, -0.1) is 0 Å². The van der Waals surface area contributed by atoms with Gasteiger partial charge in [-0.2, -0.15) is 5.26 Å². The predicted molar refractivity (Wildman–Crippen MR) is 100 cm³/mol. The summed E-state index contributed by atoms with van der Waals surface area (Å²) in [4.78, 5) is 21.1. The number of carbonyl (C=O) groups is 1. The number of nitro benzene ring substituents is 1. The van der Waals surface area contributed by atoms with E-state index in [-0.39, 0.29) is 22.8 Å². The van der Waals surface area contributed by atoms with E-state index in [9.17, 15) is 20.2 Å². The Labute approximate surface area is 162 Å². The second kappa shape index (κ2) is 8.82. The van der Waals surface area contributed by atoms with E-state index in [1.54, 1.807) is 12.1 Å². The van der Waals surface area contributed by atoms with Crippen LogP contribution in [-0.2, 0) is 4.79 Å². The van der Waals surface area contributed by atoms with Crippen molar-refractivity contribution in [3.05, 3.63) is 62.1 Å². The highest BCUT2D eigenvalue weighted by Crippen LogP contribution is 2.35. The molecule has 0 bridgehead atoms. The molecule has 0 atom stereocenters. The number of benzene rings is 2. The number of hydrogen-bond donors (Lipinski definition) is 1. The summed E-state index contributed by atoms with van der Waals surface area (Å²) >= 11 is 3.34. The third kappa shape index (κ3) is 5.05. The van der Waals surface area contributed by atoms with Gasteiger partial charge in [-0.1, -0.05) is 28.1 Å². The van der Waals surface area contributed by atoms with Crippen LogP contribution in [0.25, 0.3) is 11.6 Å². The summed E-state index contributed by atoms with van der Waals surface area (Å²) < 4.78 is 10.9. The SMILES string of the molecule is COc1cc(C=C(C#N)c2cccc([N+](=O)[O-])c2)c(Br)cc1OCC(=O)O. The van der Waals surface area contributed by atoms with Crippen LogP contribution < -0.4 is 9.47 Å². The van der Waals surface area contributed by atoms with Crippen LogP contribution in [0.2, 0.25) is 0 Å². The van der Waals surface area contributed by atoms with Gasteiger partial charge in [0.25, 0.3) is 5.69 Å². The van der Waals surface area contributed by atoms with Crippen LogP contribution in [0.5, 0.6) is 11.5 Å². The topological polar surface area (TPSA) is 123 Å². The zero-order valence-corrected chi connectivity index (χ0v) is 15.6. The van der Waals surface area contributed by atoms with Crippen LogP contribution in [0.1, 0.15) is 11.1 Å². The number of allylic oxidation sites excluding steroid dienone is 1. The molecule has 0 fully saturated rings. The molecule has 0 saturated carbocycles. The maximum Gasteiger partial charge on any atom is 0.341 e. The van der Waals surface area contributed by atoms with Gasteiger partial charge in [-0.05, 0) is 29.3 Å². The minimum atomic E-state index is -1.13. The number of carboxylic acids is 1. The van der Waals surface area contributed by atoms with Crippen molar-refractivity contribution in [1.82, 2.24) is 0 Å². The van der Waals surface area contributed by atoms with Crippen LogP contribution in [0.15, 0.2) is 40.9 Å². The summed E-state index contributed by atoms with van der Waals surface area (Å²) in [6.07, 6.45) is 1.53. The maximum atomic E-state index is 10.9. The van der Waals surface area contributed by atoms with E-state index in [1.165, 1.54) is 37.5 Å². The van der Waals surface area contributed by atoms with Crippen molar-refractivity contribution < 1.29 is 24.3 Å². The summed E-state index contributed by atoms with van der Waals surface area (Å²) in [7, 11) is 1.40. The van der Waals surface area contributed by atoms with Gasteiger partial charge >= 0.3 is 5.97 Å². The summed E-state index contributed by atoms with van der Waals surface area (Å²) in [6.45, 7) is -0.533. The molecule has 1 N–H and O–H groups in total. The average Bonchev–Trinajstić information content (AvgIpc) is 2.65. The van der Waals surface area contributed by atoms with Crippen molar-refractivity contribution in [2.45, 2.75) is 0 Å². The Morgan fingerprint density at radius 1 is 1.37 bits per heavy atom. The molecule has 0 amide bonds. The first-order chi connectivity index (χ1) is 12.8. The lowest BCUT2D eigenvalue weighted by Gasteiger charge is -2.12. The third-order valence-corrected chi connectivity index (χ3v) is 4.11. The molecule has 2 aromatic carbocycles. The first kappa shape index (κ1) is 19.9. The molecule has 8 nitrogen and oxygen atoms in total. The van der Waals surface area contributed by atoms with Crippen molar-refractivity contribution >= 4 is 39.2 Å². The largest absolute Gasteiger partial charge is 0.493 e. The predicted octanol–water partition coefficient (Wildman–Crippen LogP) is 3.89. The lowest BCUT2D eigenvalue weighted by Crippen LogP contribution is -2.10. The molecule has 0 saturated heterocycles. The maximum absolute atomic E-state index is 10.9. The highest BCUT2D eigenvalue weighted by atomic mass is 79.9. The van der Waals surface area contributed by atoms with E-state index < -0.39 is 17.5 Å². The molecule has 0 radical (unpaired) electrons. The average molecular weight is 433 g/mol. The second-order valence-corrected chi connectivity index (χ2v) is 6.04. The smallest absolute Gasteiger partial charge is 0.341 e. The molecule has 0 aromatic heterocycles. The van der Waals surface area contributed by atoms with Crippen molar-refractivity contribution in [3.8, 4) is 17.6 Å². The van der Waals surface area contributed by atoms with E-state index in [0.717, 1.165) is 0 Å². The fraction of sp³-hybridized carbons (Fsp3) is 0.111. The Balaban J connectivity index is 2.46. The molecule has 0 aliphatic carbocycles. The number of nitro groups is 1. The van der Waals surface area contributed by atoms with Crippen LogP contribution in [0.3, 0.4) is 0 Å². The van der Waals surface area contributed by atoms with Gasteiger partial charge < -0.3 is 14.6 Å². The van der Waals surface area contributed by atoms with Gasteiger partial charge in [0.15, 0.2) is 18.1 Å². The normalized spacial score (nSPS) is 10.8. The van der Waals surface area contributed by atoms with Crippen LogP contribution in [0, 0.1) is 21.4 Å². The molecule has 0 heterocycles. The molecule has 0 spiro atoms. The standard InChI is InChI=1S/C18H13BrN2O6/c1-26-16-7-12(15(19)8-17(16)27-10-18(22)23)5-13(9-20)11-3-2-4-14(6-11)21(24)25/h2-8H,10H2,1H3,(H,22,23). The van der Waals surface area contributed by atoms with Crippen molar-refractivity contribution in [2.75, 3.05) is 13.7 Å². The lowest BCUT2D eigenvalue weighted by atomic mass is 10.0.